The quantitative estimate of drug-likeness (QED) is 0.668. The van der Waals surface area contributed by atoms with Crippen molar-refractivity contribution in [3.63, 3.8) is 0 Å². The Labute approximate surface area is 144 Å². The molecule has 1 aromatic heterocycles. The molecule has 6 heteroatoms. The second-order valence-corrected chi connectivity index (χ2v) is 5.82. The van der Waals surface area contributed by atoms with Gasteiger partial charge in [0.2, 0.25) is 0 Å². The average Bonchev–Trinajstić information content (AvgIpc) is 2.55. The van der Waals surface area contributed by atoms with Crippen molar-refractivity contribution in [3.05, 3.63) is 86.1 Å². The minimum absolute atomic E-state index is 0.338. The maximum absolute atomic E-state index is 11.4. The molecule has 0 radical (unpaired) electrons. The second-order valence-electron chi connectivity index (χ2n) is 5.82. The lowest BCUT2D eigenvalue weighted by atomic mass is 10.1. The molecule has 6 nitrogen and oxygen atoms in total. The first kappa shape index (κ1) is 16.6. The van der Waals surface area contributed by atoms with Crippen LogP contribution in [0.25, 0.3) is 0 Å². The number of rotatable bonds is 5. The first-order valence-electron chi connectivity index (χ1n) is 7.90. The second kappa shape index (κ2) is 7.09. The summed E-state index contributed by atoms with van der Waals surface area (Å²) in [5.74, 6) is 1.09. The van der Waals surface area contributed by atoms with Gasteiger partial charge in [0.15, 0.2) is 0 Å². The van der Waals surface area contributed by atoms with E-state index in [4.69, 9.17) is 4.74 Å². The monoisotopic (exact) mass is 337 g/mol. The van der Waals surface area contributed by atoms with Crippen molar-refractivity contribution < 1.29 is 4.74 Å². The first-order valence-corrected chi connectivity index (χ1v) is 7.90. The Balaban J connectivity index is 1.73. The topological polar surface area (TPSA) is 87.0 Å². The summed E-state index contributed by atoms with van der Waals surface area (Å²) in [6.07, 6.45) is 0. The van der Waals surface area contributed by atoms with Gasteiger partial charge in [0.25, 0.3) is 5.56 Å². The van der Waals surface area contributed by atoms with Crippen LogP contribution in [0.5, 0.6) is 5.75 Å². The van der Waals surface area contributed by atoms with Crippen molar-refractivity contribution in [1.29, 1.82) is 0 Å². The summed E-state index contributed by atoms with van der Waals surface area (Å²) in [7, 11) is 0. The highest BCUT2D eigenvalue weighted by Crippen LogP contribution is 2.24. The summed E-state index contributed by atoms with van der Waals surface area (Å²) in [5, 5.41) is 3.03. The molecule has 3 N–H and O–H groups in total. The minimum Gasteiger partial charge on any atom is -0.489 e. The fourth-order valence-electron chi connectivity index (χ4n) is 2.48. The molecule has 128 valence electrons. The van der Waals surface area contributed by atoms with Crippen LogP contribution in [0.4, 0.5) is 11.5 Å². The van der Waals surface area contributed by atoms with E-state index >= 15 is 0 Å². The Hall–Kier alpha value is -3.28. The zero-order valence-corrected chi connectivity index (χ0v) is 14.1. The van der Waals surface area contributed by atoms with Crippen molar-refractivity contribution in [2.75, 3.05) is 5.32 Å². The van der Waals surface area contributed by atoms with Crippen molar-refractivity contribution in [1.82, 2.24) is 9.97 Å². The van der Waals surface area contributed by atoms with E-state index in [0.717, 1.165) is 22.6 Å². The summed E-state index contributed by atoms with van der Waals surface area (Å²) >= 11 is 0. The highest BCUT2D eigenvalue weighted by molar-refractivity contribution is 5.61. The molecule has 1 heterocycles. The molecule has 0 bridgehead atoms. The van der Waals surface area contributed by atoms with Gasteiger partial charge in [-0.15, -0.1) is 0 Å². The lowest BCUT2D eigenvalue weighted by Gasteiger charge is -2.12. The van der Waals surface area contributed by atoms with Gasteiger partial charge in [-0.05, 0) is 48.7 Å². The van der Waals surface area contributed by atoms with E-state index in [2.05, 4.69) is 28.3 Å². The highest BCUT2D eigenvalue weighted by Gasteiger charge is 2.04. The number of ether oxygens (including phenoxy) is 1. The zero-order valence-electron chi connectivity index (χ0n) is 14.1. The number of hydrogen-bond donors (Lipinski definition) is 3. The van der Waals surface area contributed by atoms with Crippen LogP contribution in [0.15, 0.2) is 58.1 Å². The van der Waals surface area contributed by atoms with Gasteiger partial charge in [0.1, 0.15) is 18.2 Å². The molecular weight excluding hydrogens is 318 g/mol. The van der Waals surface area contributed by atoms with Crippen molar-refractivity contribution in [2.45, 2.75) is 20.5 Å². The molecule has 3 rings (SSSR count). The number of H-pyrrole nitrogens is 2. The average molecular weight is 337 g/mol. The van der Waals surface area contributed by atoms with E-state index in [0.29, 0.717) is 12.4 Å². The van der Waals surface area contributed by atoms with Gasteiger partial charge in [0, 0.05) is 11.8 Å². The largest absolute Gasteiger partial charge is 0.489 e. The number of hydrogen-bond acceptors (Lipinski definition) is 4. The SMILES string of the molecule is Cc1ccccc1COc1ccc(Nc2cc(=O)[nH]c(=O)[nH]2)c(C)c1. The lowest BCUT2D eigenvalue weighted by molar-refractivity contribution is 0.305. The Morgan fingerprint density at radius 2 is 1.76 bits per heavy atom. The Kier molecular flexibility index (Phi) is 4.70. The number of nitrogens with one attached hydrogen (secondary N) is 3. The van der Waals surface area contributed by atoms with E-state index < -0.39 is 11.2 Å². The molecule has 0 atom stereocenters. The predicted octanol–water partition coefficient (Wildman–Crippen LogP) is 3.00. The molecule has 0 amide bonds. The molecule has 0 aliphatic carbocycles. The van der Waals surface area contributed by atoms with Crippen molar-refractivity contribution in [2.24, 2.45) is 0 Å². The van der Waals surface area contributed by atoms with Crippen LogP contribution in [0.2, 0.25) is 0 Å². The third-order valence-corrected chi connectivity index (χ3v) is 3.88. The van der Waals surface area contributed by atoms with E-state index in [9.17, 15) is 9.59 Å². The molecule has 25 heavy (non-hydrogen) atoms. The molecule has 3 aromatic rings. The van der Waals surface area contributed by atoms with Crippen LogP contribution in [-0.4, -0.2) is 9.97 Å². The van der Waals surface area contributed by atoms with Crippen LogP contribution < -0.4 is 21.3 Å². The molecule has 0 aliphatic rings. The van der Waals surface area contributed by atoms with Crippen LogP contribution >= 0.6 is 0 Å². The molecule has 0 saturated heterocycles. The minimum atomic E-state index is -0.550. The molecule has 0 aliphatic heterocycles. The number of benzene rings is 2. The highest BCUT2D eigenvalue weighted by atomic mass is 16.5. The van der Waals surface area contributed by atoms with Crippen molar-refractivity contribution in [3.8, 4) is 5.75 Å². The summed E-state index contributed by atoms with van der Waals surface area (Å²) in [6.45, 7) is 4.48. The maximum atomic E-state index is 11.4. The maximum Gasteiger partial charge on any atom is 0.327 e. The van der Waals surface area contributed by atoms with Gasteiger partial charge in [0.05, 0.1) is 0 Å². The molecule has 0 unspecified atom stereocenters. The Bertz CT molecular complexity index is 977. The van der Waals surface area contributed by atoms with Crippen LogP contribution in [0.1, 0.15) is 16.7 Å². The van der Waals surface area contributed by atoms with Crippen LogP contribution in [0.3, 0.4) is 0 Å². The van der Waals surface area contributed by atoms with Crippen LogP contribution in [-0.2, 0) is 6.61 Å². The van der Waals surface area contributed by atoms with E-state index in [1.807, 2.05) is 43.3 Å². The number of aromatic amines is 2. The molecule has 0 spiro atoms. The van der Waals surface area contributed by atoms with E-state index in [1.54, 1.807) is 0 Å². The van der Waals surface area contributed by atoms with Gasteiger partial charge in [-0.3, -0.25) is 14.8 Å². The van der Waals surface area contributed by atoms with Gasteiger partial charge < -0.3 is 10.1 Å². The molecule has 0 fully saturated rings. The smallest absolute Gasteiger partial charge is 0.327 e. The van der Waals surface area contributed by atoms with Crippen molar-refractivity contribution >= 4 is 11.5 Å². The summed E-state index contributed by atoms with van der Waals surface area (Å²) in [5.41, 5.74) is 3.04. The fraction of sp³-hybridized carbons (Fsp3) is 0.158. The zero-order chi connectivity index (χ0) is 17.8. The Morgan fingerprint density at radius 1 is 0.960 bits per heavy atom. The lowest BCUT2D eigenvalue weighted by Crippen LogP contribution is -2.22. The number of aryl methyl sites for hydroxylation is 2. The third-order valence-electron chi connectivity index (χ3n) is 3.88. The van der Waals surface area contributed by atoms with E-state index in [1.165, 1.54) is 11.6 Å². The molecule has 2 aromatic carbocycles. The van der Waals surface area contributed by atoms with E-state index in [-0.39, 0.29) is 0 Å². The van der Waals surface area contributed by atoms with Gasteiger partial charge >= 0.3 is 5.69 Å². The predicted molar refractivity (Wildman–Crippen MR) is 97.7 cm³/mol. The number of anilines is 2. The summed E-state index contributed by atoms with van der Waals surface area (Å²) < 4.78 is 5.86. The standard InChI is InChI=1S/C19H19N3O3/c1-12-5-3-4-6-14(12)11-25-15-7-8-16(13(2)9-15)20-17-10-18(23)22-19(24)21-17/h3-10H,11H2,1-2H3,(H3,20,21,22,23,24). The Morgan fingerprint density at radius 3 is 2.48 bits per heavy atom. The fourth-order valence-corrected chi connectivity index (χ4v) is 2.48. The third kappa shape index (κ3) is 4.17. The molecule has 0 saturated carbocycles. The van der Waals surface area contributed by atoms with Gasteiger partial charge in [-0.25, -0.2) is 4.79 Å². The summed E-state index contributed by atoms with van der Waals surface area (Å²) in [6, 6.07) is 15.0. The van der Waals surface area contributed by atoms with Gasteiger partial charge in [-0.2, -0.15) is 0 Å². The van der Waals surface area contributed by atoms with Gasteiger partial charge in [-0.1, -0.05) is 24.3 Å². The normalized spacial score (nSPS) is 10.5. The van der Waals surface area contributed by atoms with Crippen LogP contribution in [0, 0.1) is 13.8 Å². The summed E-state index contributed by atoms with van der Waals surface area (Å²) in [4.78, 5) is 27.3. The number of aromatic nitrogens is 2. The first-order chi connectivity index (χ1) is 12.0. The molecular formula is C19H19N3O3.